The molecule has 0 atom stereocenters. The van der Waals surface area contributed by atoms with Crippen molar-refractivity contribution >= 4 is 46.2 Å². The largest absolute Gasteiger partial charge is 0.508 e. The number of hydrogen-bond acceptors (Lipinski definition) is 4. The number of aliphatic imine (C=N–C) groups is 1. The van der Waals surface area contributed by atoms with E-state index in [1.54, 1.807) is 36.4 Å². The molecule has 4 nitrogen and oxygen atoms in total. The number of phenolic OH excluding ortho intramolecular Hbond substituents is 1. The van der Waals surface area contributed by atoms with Crippen LogP contribution in [0.5, 0.6) is 5.75 Å². The van der Waals surface area contributed by atoms with E-state index in [9.17, 15) is 9.90 Å². The minimum Gasteiger partial charge on any atom is -0.508 e. The number of nitrogens with one attached hydrogen (secondary N) is 1. The molecule has 110 valence electrons. The highest BCUT2D eigenvalue weighted by molar-refractivity contribution is 8.18. The molecular weight excluding hydrogens is 320 g/mol. The van der Waals surface area contributed by atoms with Crippen LogP contribution in [0, 0.1) is 0 Å². The number of carbonyl (C=O) groups excluding carboxylic acids is 1. The van der Waals surface area contributed by atoms with E-state index in [0.29, 0.717) is 20.8 Å². The Morgan fingerprint density at radius 3 is 2.59 bits per heavy atom. The summed E-state index contributed by atoms with van der Waals surface area (Å²) in [5, 5.41) is 13.0. The summed E-state index contributed by atoms with van der Waals surface area (Å²) < 4.78 is 0. The zero-order valence-electron chi connectivity index (χ0n) is 11.3. The summed E-state index contributed by atoms with van der Waals surface area (Å²) in [5.41, 5.74) is 1.44. The predicted molar refractivity (Wildman–Crippen MR) is 90.4 cm³/mol. The Morgan fingerprint density at radius 1 is 1.14 bits per heavy atom. The Labute approximate surface area is 136 Å². The molecule has 0 radical (unpaired) electrons. The molecule has 0 unspecified atom stereocenters. The number of aromatic hydroxyl groups is 1. The molecular formula is C16H11ClN2O2S. The van der Waals surface area contributed by atoms with Gasteiger partial charge in [-0.15, -0.1) is 0 Å². The molecule has 0 aromatic heterocycles. The molecule has 0 aliphatic carbocycles. The molecule has 3 rings (SSSR count). The summed E-state index contributed by atoms with van der Waals surface area (Å²) in [6.07, 6.45) is 1.74. The van der Waals surface area contributed by atoms with Crippen molar-refractivity contribution in [1.82, 2.24) is 5.32 Å². The SMILES string of the molecule is O=C1NC(=Nc2ccc(O)cc2)SC1=Cc1ccccc1Cl. The van der Waals surface area contributed by atoms with Crippen LogP contribution in [0.3, 0.4) is 0 Å². The molecule has 1 fully saturated rings. The Kier molecular flexibility index (Phi) is 4.18. The van der Waals surface area contributed by atoms with Gasteiger partial charge in [-0.25, -0.2) is 4.99 Å². The Morgan fingerprint density at radius 2 is 1.86 bits per heavy atom. The second-order valence-electron chi connectivity index (χ2n) is 4.52. The van der Waals surface area contributed by atoms with Gasteiger partial charge < -0.3 is 10.4 Å². The standard InChI is InChI=1S/C16H11ClN2O2S/c17-13-4-2-1-3-10(13)9-14-15(21)19-16(22-14)18-11-5-7-12(20)8-6-11/h1-9,20H,(H,18,19,21). The monoisotopic (exact) mass is 330 g/mol. The van der Waals surface area contributed by atoms with Gasteiger partial charge in [0.15, 0.2) is 5.17 Å². The summed E-state index contributed by atoms with van der Waals surface area (Å²) in [6, 6.07) is 13.7. The zero-order valence-corrected chi connectivity index (χ0v) is 12.9. The first-order valence-corrected chi connectivity index (χ1v) is 7.64. The summed E-state index contributed by atoms with van der Waals surface area (Å²) >= 11 is 7.34. The maximum absolute atomic E-state index is 12.0. The first kappa shape index (κ1) is 14.7. The third kappa shape index (κ3) is 3.32. The normalized spacial score (nSPS) is 18.0. The summed E-state index contributed by atoms with van der Waals surface area (Å²) in [4.78, 5) is 16.8. The summed E-state index contributed by atoms with van der Waals surface area (Å²) in [6.45, 7) is 0. The van der Waals surface area contributed by atoms with E-state index in [2.05, 4.69) is 10.3 Å². The van der Waals surface area contributed by atoms with Crippen molar-refractivity contribution in [1.29, 1.82) is 0 Å². The summed E-state index contributed by atoms with van der Waals surface area (Å²) in [5.74, 6) is -0.0335. The van der Waals surface area contributed by atoms with Gasteiger partial charge in [-0.05, 0) is 53.7 Å². The maximum atomic E-state index is 12.0. The summed E-state index contributed by atoms with van der Waals surface area (Å²) in [7, 11) is 0. The molecule has 1 aliphatic rings. The lowest BCUT2D eigenvalue weighted by molar-refractivity contribution is -0.115. The van der Waals surface area contributed by atoms with Gasteiger partial charge in [0.05, 0.1) is 10.6 Å². The number of nitrogens with zero attached hydrogens (tertiary/aromatic N) is 1. The topological polar surface area (TPSA) is 61.7 Å². The van der Waals surface area contributed by atoms with E-state index in [0.717, 1.165) is 5.56 Å². The van der Waals surface area contributed by atoms with Crippen LogP contribution < -0.4 is 5.32 Å². The lowest BCUT2D eigenvalue weighted by Gasteiger charge is -1.97. The van der Waals surface area contributed by atoms with Crippen LogP contribution in [0.15, 0.2) is 58.4 Å². The molecule has 22 heavy (non-hydrogen) atoms. The highest BCUT2D eigenvalue weighted by atomic mass is 35.5. The van der Waals surface area contributed by atoms with Crippen LogP contribution in [0.2, 0.25) is 5.02 Å². The quantitative estimate of drug-likeness (QED) is 0.820. The third-order valence-corrected chi connectivity index (χ3v) is 4.18. The smallest absolute Gasteiger partial charge is 0.264 e. The van der Waals surface area contributed by atoms with E-state index in [1.165, 1.54) is 11.8 Å². The number of thioether (sulfide) groups is 1. The number of amides is 1. The van der Waals surface area contributed by atoms with Crippen molar-refractivity contribution in [2.75, 3.05) is 0 Å². The van der Waals surface area contributed by atoms with Gasteiger partial charge in [0.2, 0.25) is 0 Å². The lowest BCUT2D eigenvalue weighted by Crippen LogP contribution is -2.19. The minimum absolute atomic E-state index is 0.173. The van der Waals surface area contributed by atoms with Gasteiger partial charge >= 0.3 is 0 Å². The van der Waals surface area contributed by atoms with Gasteiger partial charge in [0.1, 0.15) is 5.75 Å². The van der Waals surface area contributed by atoms with Crippen LogP contribution in [-0.4, -0.2) is 16.2 Å². The lowest BCUT2D eigenvalue weighted by atomic mass is 10.2. The fourth-order valence-corrected chi connectivity index (χ4v) is 2.88. The Bertz CT molecular complexity index is 785. The van der Waals surface area contributed by atoms with Crippen LogP contribution in [0.1, 0.15) is 5.56 Å². The number of rotatable bonds is 2. The first-order valence-electron chi connectivity index (χ1n) is 6.45. The zero-order chi connectivity index (χ0) is 15.5. The molecule has 2 N–H and O–H groups in total. The molecule has 1 amide bonds. The average molecular weight is 331 g/mol. The van der Waals surface area contributed by atoms with Crippen molar-refractivity contribution < 1.29 is 9.90 Å². The van der Waals surface area contributed by atoms with Crippen molar-refractivity contribution in [3.05, 3.63) is 64.0 Å². The van der Waals surface area contributed by atoms with Gasteiger partial charge in [-0.3, -0.25) is 4.79 Å². The van der Waals surface area contributed by atoms with Crippen LogP contribution >= 0.6 is 23.4 Å². The molecule has 2 aromatic rings. The van der Waals surface area contributed by atoms with Gasteiger partial charge in [0.25, 0.3) is 5.91 Å². The molecule has 0 saturated carbocycles. The molecule has 1 heterocycles. The van der Waals surface area contributed by atoms with Crippen LogP contribution in [0.25, 0.3) is 6.08 Å². The molecule has 6 heteroatoms. The minimum atomic E-state index is -0.206. The van der Waals surface area contributed by atoms with Crippen molar-refractivity contribution in [2.24, 2.45) is 4.99 Å². The molecule has 0 spiro atoms. The average Bonchev–Trinajstić information content (AvgIpc) is 2.84. The van der Waals surface area contributed by atoms with Gasteiger partial charge in [0, 0.05) is 5.02 Å². The number of phenols is 1. The second kappa shape index (κ2) is 6.25. The molecule has 1 saturated heterocycles. The number of amidine groups is 1. The van der Waals surface area contributed by atoms with Crippen molar-refractivity contribution in [2.45, 2.75) is 0 Å². The number of halogens is 1. The highest BCUT2D eigenvalue weighted by Crippen LogP contribution is 2.30. The Balaban J connectivity index is 1.84. The predicted octanol–water partition coefficient (Wildman–Crippen LogP) is 3.94. The number of hydrogen-bond donors (Lipinski definition) is 2. The van der Waals surface area contributed by atoms with Crippen LogP contribution in [0.4, 0.5) is 5.69 Å². The van der Waals surface area contributed by atoms with E-state index in [-0.39, 0.29) is 11.7 Å². The van der Waals surface area contributed by atoms with Gasteiger partial charge in [-0.1, -0.05) is 29.8 Å². The third-order valence-electron chi connectivity index (χ3n) is 2.92. The molecule has 1 aliphatic heterocycles. The maximum Gasteiger partial charge on any atom is 0.264 e. The van der Waals surface area contributed by atoms with E-state index >= 15 is 0 Å². The fraction of sp³-hybridized carbons (Fsp3) is 0. The Hall–Kier alpha value is -2.24. The van der Waals surface area contributed by atoms with Crippen molar-refractivity contribution in [3.8, 4) is 5.75 Å². The van der Waals surface area contributed by atoms with E-state index < -0.39 is 0 Å². The first-order chi connectivity index (χ1) is 10.6. The fourth-order valence-electron chi connectivity index (χ4n) is 1.86. The van der Waals surface area contributed by atoms with Gasteiger partial charge in [-0.2, -0.15) is 0 Å². The molecule has 0 bridgehead atoms. The number of carbonyl (C=O) groups is 1. The number of benzene rings is 2. The second-order valence-corrected chi connectivity index (χ2v) is 5.96. The molecule has 2 aromatic carbocycles. The highest BCUT2D eigenvalue weighted by Gasteiger charge is 2.24. The van der Waals surface area contributed by atoms with Crippen molar-refractivity contribution in [3.63, 3.8) is 0 Å². The van der Waals surface area contributed by atoms with Crippen LogP contribution in [-0.2, 0) is 4.79 Å². The van der Waals surface area contributed by atoms with E-state index in [4.69, 9.17) is 11.6 Å². The van der Waals surface area contributed by atoms with E-state index in [1.807, 2.05) is 18.2 Å².